The molecular formula is C12H34N2O3Si3. The van der Waals surface area contributed by atoms with Crippen LogP contribution >= 0.6 is 0 Å². The van der Waals surface area contributed by atoms with Gasteiger partial charge in [0.1, 0.15) is 0 Å². The van der Waals surface area contributed by atoms with E-state index in [9.17, 15) is 0 Å². The zero-order chi connectivity index (χ0) is 15.9. The third-order valence-electron chi connectivity index (χ3n) is 2.78. The summed E-state index contributed by atoms with van der Waals surface area (Å²) in [7, 11) is -4.13. The van der Waals surface area contributed by atoms with E-state index in [1.54, 1.807) is 7.11 Å². The van der Waals surface area contributed by atoms with Crippen molar-refractivity contribution in [2.75, 3.05) is 26.7 Å². The summed E-state index contributed by atoms with van der Waals surface area (Å²) in [6, 6.07) is 0.995. The third kappa shape index (κ3) is 10.2. The van der Waals surface area contributed by atoms with Gasteiger partial charge in [0.15, 0.2) is 8.32 Å². The van der Waals surface area contributed by atoms with Gasteiger partial charge in [-0.25, -0.2) is 0 Å². The molecule has 0 spiro atoms. The van der Waals surface area contributed by atoms with Gasteiger partial charge in [0.2, 0.25) is 0 Å². The predicted octanol–water partition coefficient (Wildman–Crippen LogP) is 2.21. The van der Waals surface area contributed by atoms with Crippen molar-refractivity contribution in [3.63, 3.8) is 0 Å². The SMILES string of the molecule is CO[Si](C)(C)O[Si](C)(CCCNCCN)O[Si](C)(C)C. The first kappa shape index (κ1) is 20.5. The first-order valence-corrected chi connectivity index (χ1v) is 16.1. The Bertz CT molecular complexity index is 275. The van der Waals surface area contributed by atoms with E-state index < -0.39 is 25.4 Å². The largest absolute Gasteiger partial charge is 0.437 e. The maximum atomic E-state index is 6.43. The van der Waals surface area contributed by atoms with Crippen molar-refractivity contribution < 1.29 is 12.7 Å². The second-order valence-corrected chi connectivity index (χ2v) is 18.5. The molecular weight excluding hydrogens is 304 g/mol. The molecule has 0 saturated heterocycles. The number of hydrogen-bond donors (Lipinski definition) is 2. The lowest BCUT2D eigenvalue weighted by atomic mass is 10.5. The summed E-state index contributed by atoms with van der Waals surface area (Å²) in [5, 5.41) is 3.32. The van der Waals surface area contributed by atoms with E-state index in [2.05, 4.69) is 44.6 Å². The average molecular weight is 339 g/mol. The monoisotopic (exact) mass is 338 g/mol. The fraction of sp³-hybridized carbons (Fsp3) is 1.00. The Kier molecular flexibility index (Phi) is 8.99. The smallest absolute Gasteiger partial charge is 0.322 e. The highest BCUT2D eigenvalue weighted by atomic mass is 28.5. The van der Waals surface area contributed by atoms with Crippen LogP contribution in [0.25, 0.3) is 0 Å². The molecule has 0 aromatic carbocycles. The molecule has 0 aromatic rings. The van der Waals surface area contributed by atoms with E-state index in [0.717, 1.165) is 25.6 Å². The highest BCUT2D eigenvalue weighted by Crippen LogP contribution is 2.25. The lowest BCUT2D eigenvalue weighted by molar-refractivity contribution is 0.275. The van der Waals surface area contributed by atoms with Crippen molar-refractivity contribution >= 4 is 25.4 Å². The van der Waals surface area contributed by atoms with Crippen LogP contribution in [-0.2, 0) is 12.7 Å². The number of hydrogen-bond acceptors (Lipinski definition) is 5. The quantitative estimate of drug-likeness (QED) is 0.447. The van der Waals surface area contributed by atoms with E-state index in [-0.39, 0.29) is 0 Å². The van der Waals surface area contributed by atoms with Gasteiger partial charge in [0.05, 0.1) is 0 Å². The second-order valence-electron chi connectivity index (χ2n) is 6.70. The van der Waals surface area contributed by atoms with Gasteiger partial charge < -0.3 is 23.7 Å². The molecule has 0 radical (unpaired) electrons. The second kappa shape index (κ2) is 8.79. The fourth-order valence-electron chi connectivity index (χ4n) is 2.09. The van der Waals surface area contributed by atoms with Crippen LogP contribution in [-0.4, -0.2) is 52.2 Å². The van der Waals surface area contributed by atoms with Gasteiger partial charge in [0.25, 0.3) is 0 Å². The Balaban J connectivity index is 4.54. The van der Waals surface area contributed by atoms with E-state index >= 15 is 0 Å². The van der Waals surface area contributed by atoms with Gasteiger partial charge >= 0.3 is 17.1 Å². The van der Waals surface area contributed by atoms with E-state index in [4.69, 9.17) is 18.4 Å². The Labute approximate surface area is 128 Å². The van der Waals surface area contributed by atoms with Gasteiger partial charge in [-0.15, -0.1) is 0 Å². The van der Waals surface area contributed by atoms with Gasteiger partial charge in [-0.1, -0.05) is 0 Å². The van der Waals surface area contributed by atoms with Gasteiger partial charge in [0, 0.05) is 20.2 Å². The molecule has 1 atom stereocenters. The molecule has 20 heavy (non-hydrogen) atoms. The molecule has 0 heterocycles. The van der Waals surface area contributed by atoms with Crippen LogP contribution in [0.1, 0.15) is 6.42 Å². The molecule has 0 bridgehead atoms. The predicted molar refractivity (Wildman–Crippen MR) is 93.0 cm³/mol. The van der Waals surface area contributed by atoms with Crippen molar-refractivity contribution in [3.8, 4) is 0 Å². The van der Waals surface area contributed by atoms with Crippen LogP contribution in [0.15, 0.2) is 0 Å². The first-order chi connectivity index (χ1) is 9.04. The van der Waals surface area contributed by atoms with Gasteiger partial charge in [-0.2, -0.15) is 0 Å². The number of rotatable bonds is 11. The van der Waals surface area contributed by atoms with Crippen LogP contribution in [0.5, 0.6) is 0 Å². The lowest BCUT2D eigenvalue weighted by Crippen LogP contribution is -2.54. The molecule has 3 N–H and O–H groups in total. The van der Waals surface area contributed by atoms with E-state index in [1.807, 2.05) is 0 Å². The molecule has 0 aromatic heterocycles. The number of nitrogens with one attached hydrogen (secondary N) is 1. The third-order valence-corrected chi connectivity index (χ3v) is 12.9. The van der Waals surface area contributed by atoms with Crippen LogP contribution in [0.3, 0.4) is 0 Å². The van der Waals surface area contributed by atoms with Crippen molar-refractivity contribution in [3.05, 3.63) is 0 Å². The van der Waals surface area contributed by atoms with Crippen LogP contribution < -0.4 is 11.1 Å². The molecule has 0 aliphatic carbocycles. The summed E-state index contributed by atoms with van der Waals surface area (Å²) in [5.74, 6) is 0. The standard InChI is InChI=1S/C12H34N2O3Si3/c1-15-19(5,6)17-20(7,16-18(2,3)4)12-8-10-14-11-9-13/h14H,8-13H2,1-7H3. The minimum absolute atomic E-state index is 0.681. The Morgan fingerprint density at radius 1 is 0.950 bits per heavy atom. The minimum Gasteiger partial charge on any atom is -0.437 e. The minimum atomic E-state index is -2.17. The first-order valence-electron chi connectivity index (χ1n) is 7.40. The molecule has 0 aliphatic heterocycles. The van der Waals surface area contributed by atoms with E-state index in [1.165, 1.54) is 0 Å². The molecule has 1 unspecified atom stereocenters. The molecule has 5 nitrogen and oxygen atoms in total. The van der Waals surface area contributed by atoms with Crippen molar-refractivity contribution in [1.29, 1.82) is 0 Å². The maximum absolute atomic E-state index is 6.43. The van der Waals surface area contributed by atoms with Crippen molar-refractivity contribution in [1.82, 2.24) is 5.32 Å². The molecule has 0 rings (SSSR count). The summed E-state index contributed by atoms with van der Waals surface area (Å²) in [6.45, 7) is 15.5. The van der Waals surface area contributed by atoms with Crippen molar-refractivity contribution in [2.24, 2.45) is 5.73 Å². The molecule has 0 amide bonds. The van der Waals surface area contributed by atoms with Crippen LogP contribution in [0.2, 0.25) is 45.3 Å². The fourth-order valence-corrected chi connectivity index (χ4v) is 13.9. The lowest BCUT2D eigenvalue weighted by Gasteiger charge is -2.38. The Hall–Kier alpha value is 0.451. The summed E-state index contributed by atoms with van der Waals surface area (Å²) in [5.41, 5.74) is 5.47. The average Bonchev–Trinajstić information content (AvgIpc) is 2.25. The Morgan fingerprint density at radius 2 is 1.55 bits per heavy atom. The topological polar surface area (TPSA) is 65.7 Å². The zero-order valence-corrected chi connectivity index (χ0v) is 17.3. The van der Waals surface area contributed by atoms with Gasteiger partial charge in [-0.3, -0.25) is 0 Å². The highest BCUT2D eigenvalue weighted by molar-refractivity contribution is 6.86. The summed E-state index contributed by atoms with van der Waals surface area (Å²) < 4.78 is 18.3. The van der Waals surface area contributed by atoms with Crippen LogP contribution in [0, 0.1) is 0 Å². The highest BCUT2D eigenvalue weighted by Gasteiger charge is 2.42. The summed E-state index contributed by atoms with van der Waals surface area (Å²) in [4.78, 5) is 0. The van der Waals surface area contributed by atoms with Crippen LogP contribution in [0.4, 0.5) is 0 Å². The van der Waals surface area contributed by atoms with Crippen molar-refractivity contribution in [2.45, 2.75) is 51.7 Å². The maximum Gasteiger partial charge on any atom is 0.322 e. The molecule has 0 fully saturated rings. The normalized spacial score (nSPS) is 16.2. The Morgan fingerprint density at radius 3 is 2.00 bits per heavy atom. The molecule has 0 saturated carbocycles. The van der Waals surface area contributed by atoms with Gasteiger partial charge in [-0.05, 0) is 58.3 Å². The summed E-state index contributed by atoms with van der Waals surface area (Å²) in [6.07, 6.45) is 1.06. The molecule has 8 heteroatoms. The van der Waals surface area contributed by atoms with E-state index in [0.29, 0.717) is 6.54 Å². The summed E-state index contributed by atoms with van der Waals surface area (Å²) >= 11 is 0. The zero-order valence-electron chi connectivity index (χ0n) is 14.3. The number of nitrogens with two attached hydrogens (primary N) is 1. The molecule has 122 valence electrons. The molecule has 0 aliphatic rings.